The quantitative estimate of drug-likeness (QED) is 0.168. The number of esters is 1. The maximum absolute atomic E-state index is 13.4. The van der Waals surface area contributed by atoms with Gasteiger partial charge in [-0.1, -0.05) is 56.3 Å². The number of amides is 5. The lowest BCUT2D eigenvalue weighted by molar-refractivity contribution is -0.145. The smallest absolute Gasteiger partial charge is 0.408 e. The predicted octanol–water partition coefficient (Wildman–Crippen LogP) is 1.93. The third kappa shape index (κ3) is 15.1. The fraction of sp³-hybridized carbons (Fsp3) is 0.471. The largest absolute Gasteiger partial charge is 0.467 e. The Labute approximate surface area is 280 Å². The molecule has 3 atom stereocenters. The second-order valence-electron chi connectivity index (χ2n) is 12.5. The fourth-order valence-electron chi connectivity index (χ4n) is 4.45. The summed E-state index contributed by atoms with van der Waals surface area (Å²) in [6.07, 6.45) is -0.446. The van der Waals surface area contributed by atoms with Crippen LogP contribution in [0.3, 0.4) is 0 Å². The molecule has 14 heteroatoms. The van der Waals surface area contributed by atoms with Gasteiger partial charge in [0.25, 0.3) is 0 Å². The van der Waals surface area contributed by atoms with Gasteiger partial charge in [0.1, 0.15) is 29.5 Å². The third-order valence-corrected chi connectivity index (χ3v) is 6.67. The van der Waals surface area contributed by atoms with Gasteiger partial charge in [-0.15, -0.1) is 0 Å². The molecule has 0 radical (unpaired) electrons. The van der Waals surface area contributed by atoms with Crippen LogP contribution in [-0.4, -0.2) is 79.6 Å². The van der Waals surface area contributed by atoms with Gasteiger partial charge in [0.2, 0.25) is 23.6 Å². The van der Waals surface area contributed by atoms with Crippen molar-refractivity contribution in [2.45, 2.75) is 77.6 Å². The van der Waals surface area contributed by atoms with E-state index in [0.717, 1.165) is 5.56 Å². The number of rotatable bonds is 16. The van der Waals surface area contributed by atoms with E-state index >= 15 is 0 Å². The topological polar surface area (TPSA) is 181 Å². The van der Waals surface area contributed by atoms with E-state index in [1.54, 1.807) is 51.1 Å². The van der Waals surface area contributed by atoms with Crippen molar-refractivity contribution >= 4 is 35.7 Å². The van der Waals surface area contributed by atoms with Crippen molar-refractivity contribution in [3.05, 3.63) is 71.5 Å². The number of alkyl carbamates (subject to hydrolysis) is 1. The Bertz CT molecular complexity index is 1400. The summed E-state index contributed by atoms with van der Waals surface area (Å²) in [5.41, 5.74) is 0.461. The fourth-order valence-corrected chi connectivity index (χ4v) is 4.45. The second-order valence-corrected chi connectivity index (χ2v) is 12.5. The highest BCUT2D eigenvalue weighted by Crippen LogP contribution is 2.11. The van der Waals surface area contributed by atoms with E-state index in [1.807, 2.05) is 13.8 Å². The standard InChI is InChI=1S/C34H46FN5O8/c1-21(2)16-27(32(45)47-6)39-31(44)26(17-22-10-8-7-9-11-22)38-29(42)20-36-28(41)19-37-30(43)25(40-33(46)48-34(3,4)5)18-23-12-14-24(35)15-13-23/h7-15,21,25-27H,16-20H2,1-6H3,(H,36,41)(H,37,43)(H,38,42)(H,39,44)(H,40,46)/t25-,26-,27?/m1/s1. The first-order valence-electron chi connectivity index (χ1n) is 15.6. The van der Waals surface area contributed by atoms with E-state index in [1.165, 1.54) is 31.4 Å². The molecule has 1 unspecified atom stereocenters. The molecule has 0 saturated carbocycles. The van der Waals surface area contributed by atoms with Crippen LogP contribution in [-0.2, 0) is 46.3 Å². The molecular weight excluding hydrogens is 625 g/mol. The van der Waals surface area contributed by atoms with Crippen molar-refractivity contribution < 1.29 is 42.6 Å². The maximum atomic E-state index is 13.4. The van der Waals surface area contributed by atoms with E-state index in [4.69, 9.17) is 9.47 Å². The van der Waals surface area contributed by atoms with Crippen LogP contribution in [0.25, 0.3) is 0 Å². The van der Waals surface area contributed by atoms with Gasteiger partial charge in [-0.3, -0.25) is 19.2 Å². The monoisotopic (exact) mass is 671 g/mol. The van der Waals surface area contributed by atoms with E-state index in [0.29, 0.717) is 12.0 Å². The molecule has 2 rings (SSSR count). The zero-order valence-corrected chi connectivity index (χ0v) is 28.2. The number of carbonyl (C=O) groups is 6. The maximum Gasteiger partial charge on any atom is 0.408 e. The van der Waals surface area contributed by atoms with Gasteiger partial charge < -0.3 is 36.1 Å². The molecule has 0 heterocycles. The molecule has 0 aliphatic carbocycles. The average molecular weight is 672 g/mol. The van der Waals surface area contributed by atoms with Gasteiger partial charge in [0.15, 0.2) is 0 Å². The summed E-state index contributed by atoms with van der Waals surface area (Å²) in [5.74, 6) is -3.74. The lowest BCUT2D eigenvalue weighted by atomic mass is 10.0. The zero-order chi connectivity index (χ0) is 35.9. The van der Waals surface area contributed by atoms with Crippen molar-refractivity contribution in [3.63, 3.8) is 0 Å². The van der Waals surface area contributed by atoms with Crippen LogP contribution in [0.1, 0.15) is 52.2 Å². The number of carbonyl (C=O) groups excluding carboxylic acids is 6. The molecular formula is C34H46FN5O8. The lowest BCUT2D eigenvalue weighted by Gasteiger charge is -2.24. The Kier molecular flexibility index (Phi) is 15.5. The molecule has 0 aliphatic heterocycles. The Morgan fingerprint density at radius 1 is 0.708 bits per heavy atom. The molecule has 0 saturated heterocycles. The molecule has 5 N–H and O–H groups in total. The Balaban J connectivity index is 2.01. The highest BCUT2D eigenvalue weighted by Gasteiger charge is 2.29. The highest BCUT2D eigenvalue weighted by atomic mass is 19.1. The van der Waals surface area contributed by atoms with Crippen molar-refractivity contribution in [2.24, 2.45) is 5.92 Å². The molecule has 13 nitrogen and oxygen atoms in total. The molecule has 2 aromatic carbocycles. The number of methoxy groups -OCH3 is 1. The zero-order valence-electron chi connectivity index (χ0n) is 28.2. The number of benzene rings is 2. The van der Waals surface area contributed by atoms with Gasteiger partial charge in [-0.2, -0.15) is 0 Å². The van der Waals surface area contributed by atoms with Gasteiger partial charge >= 0.3 is 12.1 Å². The lowest BCUT2D eigenvalue weighted by Crippen LogP contribution is -2.54. The number of hydrogen-bond acceptors (Lipinski definition) is 8. The van der Waals surface area contributed by atoms with Crippen molar-refractivity contribution in [1.29, 1.82) is 0 Å². The molecule has 48 heavy (non-hydrogen) atoms. The number of ether oxygens (including phenoxy) is 2. The number of hydrogen-bond donors (Lipinski definition) is 5. The van der Waals surface area contributed by atoms with Crippen molar-refractivity contribution in [2.75, 3.05) is 20.2 Å². The summed E-state index contributed by atoms with van der Waals surface area (Å²) in [5, 5.41) is 12.5. The van der Waals surface area contributed by atoms with Gasteiger partial charge in [0, 0.05) is 12.8 Å². The minimum atomic E-state index is -1.16. The normalized spacial score (nSPS) is 12.9. The van der Waals surface area contributed by atoms with E-state index < -0.39 is 78.3 Å². The Morgan fingerprint density at radius 2 is 1.27 bits per heavy atom. The first kappa shape index (κ1) is 39.2. The van der Waals surface area contributed by atoms with Crippen LogP contribution in [0.5, 0.6) is 0 Å². The first-order valence-corrected chi connectivity index (χ1v) is 15.6. The summed E-state index contributed by atoms with van der Waals surface area (Å²) in [7, 11) is 1.22. The Hall–Kier alpha value is -5.01. The van der Waals surface area contributed by atoms with Crippen LogP contribution < -0.4 is 26.6 Å². The van der Waals surface area contributed by atoms with Gasteiger partial charge in [-0.25, -0.2) is 14.0 Å². The van der Waals surface area contributed by atoms with Gasteiger partial charge in [-0.05, 0) is 56.4 Å². The van der Waals surface area contributed by atoms with Crippen molar-refractivity contribution in [1.82, 2.24) is 26.6 Å². The number of halogens is 1. The van der Waals surface area contributed by atoms with Crippen LogP contribution in [0.2, 0.25) is 0 Å². The minimum absolute atomic E-state index is 0.0196. The second kappa shape index (κ2) is 19.0. The SMILES string of the molecule is COC(=O)C(CC(C)C)NC(=O)[C@@H](Cc1ccccc1)NC(=O)CNC(=O)CNC(=O)[C@@H](Cc1ccc(F)cc1)NC(=O)OC(C)(C)C. The summed E-state index contributed by atoms with van der Waals surface area (Å²) in [6, 6.07) is 11.1. The molecule has 0 spiro atoms. The molecule has 0 aliphatic rings. The highest BCUT2D eigenvalue weighted by molar-refractivity contribution is 5.93. The van der Waals surface area contributed by atoms with Crippen LogP contribution in [0.15, 0.2) is 54.6 Å². The first-order chi connectivity index (χ1) is 22.6. The summed E-state index contributed by atoms with van der Waals surface area (Å²) < 4.78 is 23.4. The predicted molar refractivity (Wildman–Crippen MR) is 175 cm³/mol. The molecule has 0 aromatic heterocycles. The van der Waals surface area contributed by atoms with E-state index in [-0.39, 0.29) is 18.8 Å². The van der Waals surface area contributed by atoms with Gasteiger partial charge in [0.05, 0.1) is 20.2 Å². The van der Waals surface area contributed by atoms with Crippen LogP contribution in [0.4, 0.5) is 9.18 Å². The van der Waals surface area contributed by atoms with E-state index in [2.05, 4.69) is 26.6 Å². The average Bonchev–Trinajstić information content (AvgIpc) is 3.01. The summed E-state index contributed by atoms with van der Waals surface area (Å²) in [6.45, 7) is 7.69. The molecule has 0 bridgehead atoms. The van der Waals surface area contributed by atoms with Crippen LogP contribution in [0, 0.1) is 11.7 Å². The summed E-state index contributed by atoms with van der Waals surface area (Å²) >= 11 is 0. The van der Waals surface area contributed by atoms with Crippen LogP contribution >= 0.6 is 0 Å². The molecule has 5 amide bonds. The third-order valence-electron chi connectivity index (χ3n) is 6.67. The number of nitrogens with one attached hydrogen (secondary N) is 5. The molecule has 0 fully saturated rings. The molecule has 2 aromatic rings. The van der Waals surface area contributed by atoms with E-state index in [9.17, 15) is 33.2 Å². The van der Waals surface area contributed by atoms with Crippen molar-refractivity contribution in [3.8, 4) is 0 Å². The minimum Gasteiger partial charge on any atom is -0.467 e. The Morgan fingerprint density at radius 3 is 1.83 bits per heavy atom. The molecule has 262 valence electrons. The summed E-state index contributed by atoms with van der Waals surface area (Å²) in [4.78, 5) is 76.3.